The highest BCUT2D eigenvalue weighted by Gasteiger charge is 2.21. The van der Waals surface area contributed by atoms with Crippen molar-refractivity contribution >= 4 is 16.8 Å². The van der Waals surface area contributed by atoms with E-state index in [0.29, 0.717) is 18.8 Å². The van der Waals surface area contributed by atoms with E-state index in [2.05, 4.69) is 15.2 Å². The van der Waals surface area contributed by atoms with Crippen LogP contribution in [0.15, 0.2) is 79.1 Å². The third kappa shape index (κ3) is 3.32. The van der Waals surface area contributed by atoms with E-state index in [9.17, 15) is 4.79 Å². The fourth-order valence-electron chi connectivity index (χ4n) is 2.98. The first-order chi connectivity index (χ1) is 12.8. The number of hydrogen-bond donors (Lipinski definition) is 1. The van der Waals surface area contributed by atoms with Gasteiger partial charge in [-0.2, -0.15) is 5.10 Å². The summed E-state index contributed by atoms with van der Waals surface area (Å²) in [6.07, 6.45) is 3.36. The summed E-state index contributed by atoms with van der Waals surface area (Å²) in [5.41, 5.74) is 3.37. The largest absolute Gasteiger partial charge is 0.329 e. The summed E-state index contributed by atoms with van der Waals surface area (Å²) < 4.78 is 0. The fraction of sp³-hybridized carbons (Fsp3) is 0.0952. The van der Waals surface area contributed by atoms with Crippen molar-refractivity contribution in [1.82, 2.24) is 20.1 Å². The third-order valence-corrected chi connectivity index (χ3v) is 4.29. The van der Waals surface area contributed by atoms with Gasteiger partial charge in [0.25, 0.3) is 5.91 Å². The summed E-state index contributed by atoms with van der Waals surface area (Å²) in [5.74, 6) is -0.114. The van der Waals surface area contributed by atoms with E-state index < -0.39 is 0 Å². The minimum absolute atomic E-state index is 0.114. The van der Waals surface area contributed by atoms with Crippen LogP contribution in [0, 0.1) is 0 Å². The molecule has 0 saturated carbocycles. The van der Waals surface area contributed by atoms with Crippen molar-refractivity contribution in [2.75, 3.05) is 0 Å². The molecule has 1 amide bonds. The Morgan fingerprint density at radius 2 is 1.50 bits per heavy atom. The standard InChI is InChI=1S/C21H18N4O/c26-21(20-18-13-22-12-11-19(18)23-24-20)25(14-16-7-3-1-4-8-16)15-17-9-5-2-6-10-17/h1-13H,14-15H2,(H,23,24). The summed E-state index contributed by atoms with van der Waals surface area (Å²) in [4.78, 5) is 19.2. The molecule has 0 radical (unpaired) electrons. The molecule has 4 rings (SSSR count). The molecule has 1 N–H and O–H groups in total. The van der Waals surface area contributed by atoms with E-state index >= 15 is 0 Å². The summed E-state index contributed by atoms with van der Waals surface area (Å²) in [6.45, 7) is 1.03. The molecule has 26 heavy (non-hydrogen) atoms. The van der Waals surface area contributed by atoms with Crippen LogP contribution in [0.2, 0.25) is 0 Å². The quantitative estimate of drug-likeness (QED) is 0.600. The molecule has 0 spiro atoms. The van der Waals surface area contributed by atoms with E-state index in [-0.39, 0.29) is 5.91 Å². The van der Waals surface area contributed by atoms with Crippen molar-refractivity contribution in [2.24, 2.45) is 0 Å². The Bertz CT molecular complexity index is 970. The van der Waals surface area contributed by atoms with Crippen molar-refractivity contribution in [2.45, 2.75) is 13.1 Å². The third-order valence-electron chi connectivity index (χ3n) is 4.29. The Morgan fingerprint density at radius 1 is 0.885 bits per heavy atom. The topological polar surface area (TPSA) is 61.9 Å². The minimum Gasteiger partial charge on any atom is -0.329 e. The molecule has 128 valence electrons. The van der Waals surface area contributed by atoms with Crippen LogP contribution in [-0.4, -0.2) is 26.0 Å². The van der Waals surface area contributed by atoms with Gasteiger partial charge in [0, 0.05) is 25.5 Å². The van der Waals surface area contributed by atoms with Gasteiger partial charge in [-0.05, 0) is 17.2 Å². The second-order valence-corrected chi connectivity index (χ2v) is 6.13. The van der Waals surface area contributed by atoms with Crippen molar-refractivity contribution in [3.63, 3.8) is 0 Å². The molecule has 0 saturated heterocycles. The lowest BCUT2D eigenvalue weighted by molar-refractivity contribution is 0.0726. The number of hydrogen-bond acceptors (Lipinski definition) is 3. The summed E-state index contributed by atoms with van der Waals surface area (Å²) in [6, 6.07) is 21.8. The molecule has 5 nitrogen and oxygen atoms in total. The number of pyridine rings is 1. The Balaban J connectivity index is 1.68. The highest BCUT2D eigenvalue weighted by Crippen LogP contribution is 2.19. The zero-order valence-corrected chi connectivity index (χ0v) is 14.2. The van der Waals surface area contributed by atoms with Gasteiger partial charge in [-0.15, -0.1) is 0 Å². The smallest absolute Gasteiger partial charge is 0.275 e. The Labute approximate surface area is 151 Å². The van der Waals surface area contributed by atoms with Crippen LogP contribution in [-0.2, 0) is 13.1 Å². The van der Waals surface area contributed by atoms with Crippen molar-refractivity contribution in [1.29, 1.82) is 0 Å². The van der Waals surface area contributed by atoms with Gasteiger partial charge in [-0.1, -0.05) is 60.7 Å². The average Bonchev–Trinajstić information content (AvgIpc) is 3.13. The number of amides is 1. The molecule has 0 bridgehead atoms. The molecule has 5 heteroatoms. The van der Waals surface area contributed by atoms with Gasteiger partial charge >= 0.3 is 0 Å². The number of carbonyl (C=O) groups is 1. The number of aromatic amines is 1. The molecule has 0 unspecified atom stereocenters. The summed E-state index contributed by atoms with van der Waals surface area (Å²) >= 11 is 0. The molecule has 2 heterocycles. The Hall–Kier alpha value is -3.47. The predicted molar refractivity (Wildman–Crippen MR) is 100 cm³/mol. The van der Waals surface area contributed by atoms with E-state index in [0.717, 1.165) is 22.0 Å². The lowest BCUT2D eigenvalue weighted by atomic mass is 10.1. The van der Waals surface area contributed by atoms with Gasteiger partial charge in [-0.3, -0.25) is 14.9 Å². The van der Waals surface area contributed by atoms with Crippen LogP contribution in [0.3, 0.4) is 0 Å². The van der Waals surface area contributed by atoms with Crippen LogP contribution < -0.4 is 0 Å². The molecule has 2 aromatic heterocycles. The highest BCUT2D eigenvalue weighted by atomic mass is 16.2. The maximum atomic E-state index is 13.2. The molecule has 0 fully saturated rings. The number of nitrogens with zero attached hydrogens (tertiary/aromatic N) is 3. The van der Waals surface area contributed by atoms with Gasteiger partial charge in [-0.25, -0.2) is 0 Å². The molecular weight excluding hydrogens is 324 g/mol. The van der Waals surface area contributed by atoms with Gasteiger partial charge in [0.15, 0.2) is 5.69 Å². The normalized spacial score (nSPS) is 10.8. The van der Waals surface area contributed by atoms with Crippen molar-refractivity contribution in [3.05, 3.63) is 95.9 Å². The van der Waals surface area contributed by atoms with Crippen LogP contribution in [0.4, 0.5) is 0 Å². The molecule has 0 aliphatic rings. The maximum Gasteiger partial charge on any atom is 0.275 e. The van der Waals surface area contributed by atoms with Crippen LogP contribution in [0.25, 0.3) is 10.9 Å². The van der Waals surface area contributed by atoms with E-state index in [1.807, 2.05) is 71.6 Å². The lowest BCUT2D eigenvalue weighted by Crippen LogP contribution is -2.30. The summed E-state index contributed by atoms with van der Waals surface area (Å²) in [7, 11) is 0. The van der Waals surface area contributed by atoms with E-state index in [4.69, 9.17) is 0 Å². The predicted octanol–water partition coefficient (Wildman–Crippen LogP) is 3.80. The van der Waals surface area contributed by atoms with Crippen LogP contribution in [0.5, 0.6) is 0 Å². The van der Waals surface area contributed by atoms with Gasteiger partial charge in [0.1, 0.15) is 0 Å². The van der Waals surface area contributed by atoms with Crippen molar-refractivity contribution < 1.29 is 4.79 Å². The minimum atomic E-state index is -0.114. The number of fused-ring (bicyclic) bond motifs is 1. The fourth-order valence-corrected chi connectivity index (χ4v) is 2.98. The zero-order valence-electron chi connectivity index (χ0n) is 14.2. The number of rotatable bonds is 5. The van der Waals surface area contributed by atoms with E-state index in [1.165, 1.54) is 0 Å². The molecule has 0 aliphatic carbocycles. The molecule has 2 aromatic carbocycles. The monoisotopic (exact) mass is 342 g/mol. The first-order valence-electron chi connectivity index (χ1n) is 8.46. The number of carbonyl (C=O) groups excluding carboxylic acids is 1. The number of nitrogens with one attached hydrogen (secondary N) is 1. The second kappa shape index (κ2) is 7.19. The number of aromatic nitrogens is 3. The van der Waals surface area contributed by atoms with Crippen LogP contribution >= 0.6 is 0 Å². The highest BCUT2D eigenvalue weighted by molar-refractivity contribution is 6.04. The lowest BCUT2D eigenvalue weighted by Gasteiger charge is -2.22. The summed E-state index contributed by atoms with van der Waals surface area (Å²) in [5, 5.41) is 7.90. The van der Waals surface area contributed by atoms with Gasteiger partial charge in [0.2, 0.25) is 0 Å². The van der Waals surface area contributed by atoms with Crippen LogP contribution in [0.1, 0.15) is 21.6 Å². The van der Waals surface area contributed by atoms with Crippen molar-refractivity contribution in [3.8, 4) is 0 Å². The van der Waals surface area contributed by atoms with Gasteiger partial charge in [0.05, 0.1) is 10.9 Å². The Kier molecular flexibility index (Phi) is 4.43. The molecule has 0 atom stereocenters. The first-order valence-corrected chi connectivity index (χ1v) is 8.46. The number of benzene rings is 2. The van der Waals surface area contributed by atoms with E-state index in [1.54, 1.807) is 12.4 Å². The maximum absolute atomic E-state index is 13.2. The Morgan fingerprint density at radius 3 is 2.12 bits per heavy atom. The second-order valence-electron chi connectivity index (χ2n) is 6.13. The molecule has 4 aromatic rings. The number of H-pyrrole nitrogens is 1. The first kappa shape index (κ1) is 16.0. The van der Waals surface area contributed by atoms with Gasteiger partial charge < -0.3 is 4.90 Å². The zero-order chi connectivity index (χ0) is 17.8. The molecular formula is C21H18N4O. The average molecular weight is 342 g/mol. The molecule has 0 aliphatic heterocycles. The SMILES string of the molecule is O=C(c1n[nH]c2ccncc12)N(Cc1ccccc1)Cc1ccccc1.